The lowest BCUT2D eigenvalue weighted by Gasteiger charge is -2.07. The third-order valence-corrected chi connectivity index (χ3v) is 4.10. The number of aromatic nitrogens is 1. The van der Waals surface area contributed by atoms with Crippen LogP contribution in [0.15, 0.2) is 48.5 Å². The molecule has 0 saturated heterocycles. The van der Waals surface area contributed by atoms with Crippen molar-refractivity contribution < 1.29 is 9.53 Å². The number of amides is 1. The number of ether oxygens (including phenoxy) is 1. The lowest BCUT2D eigenvalue weighted by Crippen LogP contribution is -2.08. The number of rotatable bonds is 5. The summed E-state index contributed by atoms with van der Waals surface area (Å²) in [5.74, 6) is 0.406. The van der Waals surface area contributed by atoms with Crippen LogP contribution in [0.25, 0.3) is 16.3 Å². The van der Waals surface area contributed by atoms with Crippen molar-refractivity contribution in [3.05, 3.63) is 54.1 Å². The smallest absolute Gasteiger partial charge is 0.248 e. The highest BCUT2D eigenvalue weighted by Crippen LogP contribution is 2.34. The van der Waals surface area contributed by atoms with Gasteiger partial charge >= 0.3 is 0 Å². The number of thiazole rings is 1. The van der Waals surface area contributed by atoms with Gasteiger partial charge in [-0.15, -0.1) is 0 Å². The molecule has 0 spiro atoms. The number of nitrogens with zero attached hydrogens (tertiary/aromatic N) is 1. The van der Waals surface area contributed by atoms with E-state index >= 15 is 0 Å². The molecular weight excluding hydrogens is 322 g/mol. The highest BCUT2D eigenvalue weighted by molar-refractivity contribution is 7.22. The summed E-state index contributed by atoms with van der Waals surface area (Å²) in [5, 5.41) is 3.32. The quantitative estimate of drug-likeness (QED) is 0.691. The van der Waals surface area contributed by atoms with Crippen LogP contribution >= 0.6 is 11.3 Å². The van der Waals surface area contributed by atoms with Gasteiger partial charge < -0.3 is 15.8 Å². The van der Waals surface area contributed by atoms with Gasteiger partial charge in [0.25, 0.3) is 0 Å². The lowest BCUT2D eigenvalue weighted by atomic mass is 10.2. The number of carbonyl (C=O) groups excluding carboxylic acids is 1. The topological polar surface area (TPSA) is 77.2 Å². The fourth-order valence-corrected chi connectivity index (χ4v) is 3.06. The second kappa shape index (κ2) is 7.14. The first-order valence-electron chi connectivity index (χ1n) is 7.52. The summed E-state index contributed by atoms with van der Waals surface area (Å²) in [5.41, 5.74) is 8.11. The standard InChI is InChI=1S/C18H17N3O2S/c1-2-23-14-10-13(11-15-17(14)21-18(19)24-15)20-16(22)9-8-12-6-4-3-5-7-12/h3-11H,2H2,1H3,(H2,19,21)(H,20,22)/b9-8+. The minimum atomic E-state index is -0.210. The zero-order valence-electron chi connectivity index (χ0n) is 13.2. The Bertz CT molecular complexity index is 888. The molecule has 0 bridgehead atoms. The number of nitrogens with two attached hydrogens (primary N) is 1. The van der Waals surface area contributed by atoms with Crippen molar-refractivity contribution in [2.45, 2.75) is 6.92 Å². The maximum atomic E-state index is 12.1. The predicted octanol–water partition coefficient (Wildman–Crippen LogP) is 3.93. The lowest BCUT2D eigenvalue weighted by molar-refractivity contribution is -0.111. The van der Waals surface area contributed by atoms with Crippen LogP contribution in [0.4, 0.5) is 10.8 Å². The zero-order valence-corrected chi connectivity index (χ0v) is 14.0. The third-order valence-electron chi connectivity index (χ3n) is 3.27. The summed E-state index contributed by atoms with van der Waals surface area (Å²) in [7, 11) is 0. The van der Waals surface area contributed by atoms with Crippen LogP contribution in [0, 0.1) is 0 Å². The van der Waals surface area contributed by atoms with Crippen LogP contribution in [-0.2, 0) is 4.79 Å². The summed E-state index contributed by atoms with van der Waals surface area (Å²) in [6.07, 6.45) is 3.27. The molecule has 0 radical (unpaired) electrons. The molecule has 122 valence electrons. The number of hydrogen-bond acceptors (Lipinski definition) is 5. The van der Waals surface area contributed by atoms with E-state index in [1.54, 1.807) is 12.1 Å². The van der Waals surface area contributed by atoms with Crippen molar-refractivity contribution >= 4 is 44.4 Å². The maximum absolute atomic E-state index is 12.1. The van der Waals surface area contributed by atoms with E-state index < -0.39 is 0 Å². The number of nitrogen functional groups attached to an aromatic ring is 1. The summed E-state index contributed by atoms with van der Waals surface area (Å²) < 4.78 is 6.48. The average molecular weight is 339 g/mol. The molecule has 0 aliphatic rings. The van der Waals surface area contributed by atoms with E-state index in [1.165, 1.54) is 17.4 Å². The Kier molecular flexibility index (Phi) is 4.77. The summed E-state index contributed by atoms with van der Waals surface area (Å²) >= 11 is 1.36. The van der Waals surface area contributed by atoms with Crippen LogP contribution in [-0.4, -0.2) is 17.5 Å². The second-order valence-corrected chi connectivity index (χ2v) is 6.10. The summed E-state index contributed by atoms with van der Waals surface area (Å²) in [4.78, 5) is 16.4. The highest BCUT2D eigenvalue weighted by atomic mass is 32.1. The minimum Gasteiger partial charge on any atom is -0.491 e. The van der Waals surface area contributed by atoms with Gasteiger partial charge in [0.2, 0.25) is 5.91 Å². The van der Waals surface area contributed by atoms with E-state index in [2.05, 4.69) is 10.3 Å². The molecule has 1 amide bonds. The first-order chi connectivity index (χ1) is 11.7. The van der Waals surface area contributed by atoms with Crippen molar-refractivity contribution in [3.63, 3.8) is 0 Å². The van der Waals surface area contributed by atoms with Crippen molar-refractivity contribution in [2.24, 2.45) is 0 Å². The van der Waals surface area contributed by atoms with E-state index in [0.29, 0.717) is 23.2 Å². The first-order valence-corrected chi connectivity index (χ1v) is 8.34. The van der Waals surface area contributed by atoms with E-state index in [4.69, 9.17) is 10.5 Å². The first kappa shape index (κ1) is 16.0. The molecule has 0 aliphatic carbocycles. The zero-order chi connectivity index (χ0) is 16.9. The predicted molar refractivity (Wildman–Crippen MR) is 99.3 cm³/mol. The van der Waals surface area contributed by atoms with Gasteiger partial charge in [0.15, 0.2) is 5.13 Å². The van der Waals surface area contributed by atoms with Gasteiger partial charge in [-0.3, -0.25) is 4.79 Å². The Labute approximate surface area is 143 Å². The average Bonchev–Trinajstić information content (AvgIpc) is 2.95. The molecule has 24 heavy (non-hydrogen) atoms. The van der Waals surface area contributed by atoms with Gasteiger partial charge in [0.05, 0.1) is 11.3 Å². The van der Waals surface area contributed by atoms with E-state index in [0.717, 1.165) is 15.8 Å². The largest absolute Gasteiger partial charge is 0.491 e. The van der Waals surface area contributed by atoms with Gasteiger partial charge in [-0.2, -0.15) is 0 Å². The molecular formula is C18H17N3O2S. The number of hydrogen-bond donors (Lipinski definition) is 2. The highest BCUT2D eigenvalue weighted by Gasteiger charge is 2.11. The Hall–Kier alpha value is -2.86. The molecule has 3 aromatic rings. The molecule has 1 aromatic heterocycles. The van der Waals surface area contributed by atoms with E-state index in [9.17, 15) is 4.79 Å². The van der Waals surface area contributed by atoms with Crippen LogP contribution in [0.1, 0.15) is 12.5 Å². The summed E-state index contributed by atoms with van der Waals surface area (Å²) in [6.45, 7) is 2.41. The van der Waals surface area contributed by atoms with Crippen LogP contribution in [0.2, 0.25) is 0 Å². The van der Waals surface area contributed by atoms with Crippen LogP contribution < -0.4 is 15.8 Å². The number of carbonyl (C=O) groups is 1. The molecule has 3 rings (SSSR count). The minimum absolute atomic E-state index is 0.210. The summed E-state index contributed by atoms with van der Waals surface area (Å²) in [6, 6.07) is 13.3. The van der Waals surface area contributed by atoms with Crippen molar-refractivity contribution in [2.75, 3.05) is 17.7 Å². The van der Waals surface area contributed by atoms with Crippen LogP contribution in [0.3, 0.4) is 0 Å². The molecule has 6 heteroatoms. The number of fused-ring (bicyclic) bond motifs is 1. The van der Waals surface area contributed by atoms with Gasteiger partial charge in [0, 0.05) is 17.8 Å². The molecule has 0 fully saturated rings. The molecule has 3 N–H and O–H groups in total. The number of benzene rings is 2. The Morgan fingerprint density at radius 1 is 1.33 bits per heavy atom. The number of nitrogens with one attached hydrogen (secondary N) is 1. The third kappa shape index (κ3) is 3.72. The molecule has 5 nitrogen and oxygen atoms in total. The van der Waals surface area contributed by atoms with Crippen molar-refractivity contribution in [1.82, 2.24) is 4.98 Å². The van der Waals surface area contributed by atoms with Crippen molar-refractivity contribution in [1.29, 1.82) is 0 Å². The van der Waals surface area contributed by atoms with Gasteiger partial charge in [-0.05, 0) is 24.6 Å². The maximum Gasteiger partial charge on any atom is 0.248 e. The van der Waals surface area contributed by atoms with Gasteiger partial charge in [-0.25, -0.2) is 4.98 Å². The van der Waals surface area contributed by atoms with Gasteiger partial charge in [0.1, 0.15) is 11.3 Å². The van der Waals surface area contributed by atoms with Crippen molar-refractivity contribution in [3.8, 4) is 5.75 Å². The Morgan fingerprint density at radius 2 is 2.12 bits per heavy atom. The normalized spacial score (nSPS) is 11.0. The Balaban J connectivity index is 1.81. The molecule has 0 unspecified atom stereocenters. The molecule has 0 saturated carbocycles. The fraction of sp³-hybridized carbons (Fsp3) is 0.111. The molecule has 0 aliphatic heterocycles. The fourth-order valence-electron chi connectivity index (χ4n) is 2.27. The molecule has 0 atom stereocenters. The number of anilines is 2. The molecule has 1 heterocycles. The second-order valence-electron chi connectivity index (χ2n) is 5.04. The van der Waals surface area contributed by atoms with E-state index in [-0.39, 0.29) is 5.91 Å². The van der Waals surface area contributed by atoms with Gasteiger partial charge in [-0.1, -0.05) is 41.7 Å². The molecule has 2 aromatic carbocycles. The van der Waals surface area contributed by atoms with E-state index in [1.807, 2.05) is 43.3 Å². The SMILES string of the molecule is CCOc1cc(NC(=O)/C=C/c2ccccc2)cc2sc(N)nc12. The monoisotopic (exact) mass is 339 g/mol. The Morgan fingerprint density at radius 3 is 2.88 bits per heavy atom. The van der Waals surface area contributed by atoms with Crippen LogP contribution in [0.5, 0.6) is 5.75 Å².